The Morgan fingerprint density at radius 3 is 2.15 bits per heavy atom. The topological polar surface area (TPSA) is 35.0 Å². The summed E-state index contributed by atoms with van der Waals surface area (Å²) in [6.45, 7) is 2.94. The summed E-state index contributed by atoms with van der Waals surface area (Å²) in [7, 11) is 0. The molecular weight excluding hydrogens is 307 g/mol. The number of hydrogen-bond donors (Lipinski definition) is 0. The van der Waals surface area contributed by atoms with Gasteiger partial charge in [0, 0.05) is 11.5 Å². The zero-order valence-electron chi connectivity index (χ0n) is 10.9. The van der Waals surface area contributed by atoms with Crippen LogP contribution in [0, 0.1) is 6.92 Å². The maximum absolute atomic E-state index is 12.8. The van der Waals surface area contributed by atoms with Gasteiger partial charge in [0.15, 0.2) is 6.61 Å². The van der Waals surface area contributed by atoms with E-state index in [4.69, 9.17) is 11.6 Å². The fourth-order valence-electron chi connectivity index (χ4n) is 1.13. The van der Waals surface area contributed by atoms with Crippen molar-refractivity contribution in [3.05, 3.63) is 16.5 Å². The van der Waals surface area contributed by atoms with Crippen molar-refractivity contribution >= 4 is 11.6 Å². The molecule has 0 atom stereocenters. The molecule has 20 heavy (non-hydrogen) atoms. The molecule has 0 unspecified atom stereocenters. The van der Waals surface area contributed by atoms with Crippen LogP contribution in [0.2, 0.25) is 5.15 Å². The highest BCUT2D eigenvalue weighted by molar-refractivity contribution is 6.30. The molecule has 1 heterocycles. The van der Waals surface area contributed by atoms with Crippen molar-refractivity contribution < 1.29 is 26.7 Å². The predicted octanol–water partition coefficient (Wildman–Crippen LogP) is 4.14. The Morgan fingerprint density at radius 2 is 1.70 bits per heavy atom. The molecule has 0 spiro atoms. The summed E-state index contributed by atoms with van der Waals surface area (Å²) in [5, 5.41) is -0.0472. The molecule has 0 saturated carbocycles. The first kappa shape index (κ1) is 16.9. The third kappa shape index (κ3) is 3.68. The number of aromatic nitrogens is 2. The zero-order valence-corrected chi connectivity index (χ0v) is 11.6. The molecule has 1 aromatic rings. The molecular formula is C11H12ClF5N2O. The smallest absolute Gasteiger partial charge is 0.456 e. The van der Waals surface area contributed by atoms with Crippen LogP contribution in [0.4, 0.5) is 22.0 Å². The third-order valence-corrected chi connectivity index (χ3v) is 2.75. The Hall–Kier alpha value is -1.18. The first-order chi connectivity index (χ1) is 8.95. The fraction of sp³-hybridized carbons (Fsp3) is 0.636. The van der Waals surface area contributed by atoms with E-state index in [1.54, 1.807) is 13.8 Å². The summed E-state index contributed by atoms with van der Waals surface area (Å²) in [6.07, 6.45) is -5.68. The van der Waals surface area contributed by atoms with Crippen molar-refractivity contribution in [3.63, 3.8) is 0 Å². The normalized spacial score (nSPS) is 12.9. The molecule has 0 radical (unpaired) electrons. The molecule has 114 valence electrons. The van der Waals surface area contributed by atoms with Gasteiger partial charge in [0.2, 0.25) is 5.88 Å². The SMILES string of the molecule is Cc1c(Cl)nc(C(C)C)nc1OCC(F)(F)C(F)(F)F. The third-order valence-electron chi connectivity index (χ3n) is 2.38. The Morgan fingerprint density at radius 1 is 1.15 bits per heavy atom. The number of nitrogens with zero attached hydrogens (tertiary/aromatic N) is 2. The predicted molar refractivity (Wildman–Crippen MR) is 62.4 cm³/mol. The van der Waals surface area contributed by atoms with E-state index < -0.39 is 18.7 Å². The van der Waals surface area contributed by atoms with Gasteiger partial charge in [-0.1, -0.05) is 25.4 Å². The molecule has 0 fully saturated rings. The minimum absolute atomic E-state index is 0.0472. The summed E-state index contributed by atoms with van der Waals surface area (Å²) in [5.74, 6) is -5.32. The summed E-state index contributed by atoms with van der Waals surface area (Å²) in [6, 6.07) is 0. The average Bonchev–Trinajstić information content (AvgIpc) is 2.29. The van der Waals surface area contributed by atoms with Crippen molar-refractivity contribution in [1.82, 2.24) is 9.97 Å². The second-order valence-corrected chi connectivity index (χ2v) is 4.81. The summed E-state index contributed by atoms with van der Waals surface area (Å²) in [4.78, 5) is 7.69. The van der Waals surface area contributed by atoms with Gasteiger partial charge in [-0.05, 0) is 6.92 Å². The molecule has 0 aliphatic carbocycles. The molecule has 0 saturated heterocycles. The van der Waals surface area contributed by atoms with Gasteiger partial charge in [-0.15, -0.1) is 0 Å². The van der Waals surface area contributed by atoms with Gasteiger partial charge in [-0.25, -0.2) is 4.98 Å². The van der Waals surface area contributed by atoms with Crippen LogP contribution in [0.25, 0.3) is 0 Å². The first-order valence-corrected chi connectivity index (χ1v) is 5.95. The highest BCUT2D eigenvalue weighted by Crippen LogP contribution is 2.36. The average molecular weight is 319 g/mol. The monoisotopic (exact) mass is 318 g/mol. The van der Waals surface area contributed by atoms with E-state index >= 15 is 0 Å². The standard InChI is InChI=1S/C11H12ClF5N2O/c1-5(2)8-18-7(12)6(3)9(19-8)20-4-10(13,14)11(15,16)17/h5H,4H2,1-3H3. The van der Waals surface area contributed by atoms with Crippen LogP contribution in [0.15, 0.2) is 0 Å². The van der Waals surface area contributed by atoms with Gasteiger partial charge < -0.3 is 4.74 Å². The number of ether oxygens (including phenoxy) is 1. The summed E-state index contributed by atoms with van der Waals surface area (Å²) >= 11 is 5.76. The number of rotatable bonds is 4. The maximum Gasteiger partial charge on any atom is 0.456 e. The van der Waals surface area contributed by atoms with Crippen LogP contribution in [-0.2, 0) is 0 Å². The quantitative estimate of drug-likeness (QED) is 0.618. The van der Waals surface area contributed by atoms with Crippen LogP contribution in [0.1, 0.15) is 31.2 Å². The van der Waals surface area contributed by atoms with E-state index in [9.17, 15) is 22.0 Å². The Labute approximate surface area is 117 Å². The Balaban J connectivity index is 2.99. The van der Waals surface area contributed by atoms with Crippen LogP contribution < -0.4 is 4.74 Å². The number of halogens is 6. The lowest BCUT2D eigenvalue weighted by Crippen LogP contribution is -2.42. The number of hydrogen-bond acceptors (Lipinski definition) is 3. The van der Waals surface area contributed by atoms with Crippen molar-refractivity contribution in [1.29, 1.82) is 0 Å². The molecule has 1 rings (SSSR count). The van der Waals surface area contributed by atoms with Crippen molar-refractivity contribution in [2.24, 2.45) is 0 Å². The van der Waals surface area contributed by atoms with E-state index in [1.165, 1.54) is 6.92 Å². The molecule has 9 heteroatoms. The van der Waals surface area contributed by atoms with E-state index in [-0.39, 0.29) is 28.3 Å². The van der Waals surface area contributed by atoms with Crippen LogP contribution in [0.5, 0.6) is 5.88 Å². The van der Waals surface area contributed by atoms with Crippen LogP contribution in [0.3, 0.4) is 0 Å². The highest BCUT2D eigenvalue weighted by atomic mass is 35.5. The molecule has 3 nitrogen and oxygen atoms in total. The van der Waals surface area contributed by atoms with Crippen molar-refractivity contribution in [3.8, 4) is 5.88 Å². The maximum atomic E-state index is 12.8. The van der Waals surface area contributed by atoms with Crippen LogP contribution in [-0.4, -0.2) is 28.7 Å². The second-order valence-electron chi connectivity index (χ2n) is 4.45. The van der Waals surface area contributed by atoms with Gasteiger partial charge in [0.25, 0.3) is 0 Å². The molecule has 0 aliphatic rings. The van der Waals surface area contributed by atoms with Gasteiger partial charge in [-0.3, -0.25) is 0 Å². The van der Waals surface area contributed by atoms with E-state index in [0.717, 1.165) is 0 Å². The molecule has 0 aromatic carbocycles. The highest BCUT2D eigenvalue weighted by Gasteiger charge is 2.58. The minimum Gasteiger partial charge on any atom is -0.471 e. The lowest BCUT2D eigenvalue weighted by molar-refractivity contribution is -0.290. The molecule has 0 bridgehead atoms. The minimum atomic E-state index is -5.68. The van der Waals surface area contributed by atoms with Crippen molar-refractivity contribution in [2.45, 2.75) is 38.8 Å². The molecule has 0 amide bonds. The first-order valence-electron chi connectivity index (χ1n) is 5.57. The molecule has 0 N–H and O–H groups in total. The Kier molecular flexibility index (Phi) is 4.78. The van der Waals surface area contributed by atoms with E-state index in [0.29, 0.717) is 0 Å². The van der Waals surface area contributed by atoms with Crippen LogP contribution >= 0.6 is 11.6 Å². The fourth-order valence-corrected chi connectivity index (χ4v) is 1.29. The number of alkyl halides is 5. The van der Waals surface area contributed by atoms with Crippen molar-refractivity contribution in [2.75, 3.05) is 6.61 Å². The van der Waals surface area contributed by atoms with Gasteiger partial charge in [-0.2, -0.15) is 26.9 Å². The summed E-state index contributed by atoms with van der Waals surface area (Å²) < 4.78 is 66.2. The Bertz CT molecular complexity index is 490. The molecule has 1 aromatic heterocycles. The lowest BCUT2D eigenvalue weighted by atomic mass is 10.2. The second kappa shape index (κ2) is 5.67. The zero-order chi connectivity index (χ0) is 15.7. The van der Waals surface area contributed by atoms with Gasteiger partial charge in [0.05, 0.1) is 0 Å². The van der Waals surface area contributed by atoms with Gasteiger partial charge >= 0.3 is 12.1 Å². The summed E-state index contributed by atoms with van der Waals surface area (Å²) in [5.41, 5.74) is 0.106. The van der Waals surface area contributed by atoms with E-state index in [1.807, 2.05) is 0 Å². The van der Waals surface area contributed by atoms with E-state index in [2.05, 4.69) is 14.7 Å². The lowest BCUT2D eigenvalue weighted by Gasteiger charge is -2.20. The van der Waals surface area contributed by atoms with Gasteiger partial charge in [0.1, 0.15) is 11.0 Å². The largest absolute Gasteiger partial charge is 0.471 e. The molecule has 0 aliphatic heterocycles.